The third kappa shape index (κ3) is 3.24. The van der Waals surface area contributed by atoms with Crippen LogP contribution >= 0.6 is 43.5 Å². The van der Waals surface area contributed by atoms with E-state index in [0.717, 1.165) is 21.8 Å². The first-order chi connectivity index (χ1) is 7.51. The molecule has 16 heavy (non-hydrogen) atoms. The smallest absolute Gasteiger partial charge is 0.0624 e. The first kappa shape index (κ1) is 14.5. The van der Waals surface area contributed by atoms with Crippen LogP contribution in [0.2, 0.25) is 0 Å². The summed E-state index contributed by atoms with van der Waals surface area (Å²) >= 11 is 13.7. The fourth-order valence-electron chi connectivity index (χ4n) is 1.83. The molecule has 0 aromatic heterocycles. The van der Waals surface area contributed by atoms with Crippen molar-refractivity contribution in [3.8, 4) is 0 Å². The van der Waals surface area contributed by atoms with Crippen molar-refractivity contribution in [3.05, 3.63) is 32.2 Å². The summed E-state index contributed by atoms with van der Waals surface area (Å²) in [4.78, 5) is 0. The van der Waals surface area contributed by atoms with Crippen LogP contribution in [0.1, 0.15) is 43.2 Å². The molecule has 0 radical (unpaired) electrons. The molecule has 0 N–H and O–H groups in total. The predicted octanol–water partition coefficient (Wildman–Crippen LogP) is 6.24. The number of aryl methyl sites for hydroxylation is 1. The highest BCUT2D eigenvalue weighted by Crippen LogP contribution is 2.39. The van der Waals surface area contributed by atoms with E-state index in [9.17, 15) is 0 Å². The monoisotopic (exact) mass is 366 g/mol. The van der Waals surface area contributed by atoms with Gasteiger partial charge in [0.2, 0.25) is 0 Å². The van der Waals surface area contributed by atoms with Gasteiger partial charge < -0.3 is 0 Å². The average Bonchev–Trinajstić information content (AvgIpc) is 2.25. The van der Waals surface area contributed by atoms with E-state index in [2.05, 4.69) is 64.8 Å². The summed E-state index contributed by atoms with van der Waals surface area (Å²) in [6.45, 7) is 6.47. The van der Waals surface area contributed by atoms with Gasteiger partial charge in [-0.3, -0.25) is 0 Å². The zero-order chi connectivity index (χ0) is 12.3. The summed E-state index contributed by atoms with van der Waals surface area (Å²) < 4.78 is 2.24. The lowest BCUT2D eigenvalue weighted by Gasteiger charge is -2.21. The lowest BCUT2D eigenvalue weighted by molar-refractivity contribution is 0.475. The fraction of sp³-hybridized carbons (Fsp3) is 0.538. The number of halogens is 3. The summed E-state index contributed by atoms with van der Waals surface area (Å²) in [7, 11) is 0. The van der Waals surface area contributed by atoms with Crippen LogP contribution in [0.3, 0.4) is 0 Å². The van der Waals surface area contributed by atoms with Crippen LogP contribution in [0.15, 0.2) is 21.1 Å². The van der Waals surface area contributed by atoms with Gasteiger partial charge >= 0.3 is 0 Å². The highest BCUT2D eigenvalue weighted by molar-refractivity contribution is 9.11. The van der Waals surface area contributed by atoms with E-state index in [0.29, 0.717) is 5.92 Å². The van der Waals surface area contributed by atoms with Gasteiger partial charge in [-0.2, -0.15) is 0 Å². The van der Waals surface area contributed by atoms with Gasteiger partial charge in [-0.15, -0.1) is 11.6 Å². The maximum absolute atomic E-state index is 6.55. The number of rotatable bonds is 4. The molecule has 3 heteroatoms. The van der Waals surface area contributed by atoms with Crippen molar-refractivity contribution in [2.75, 3.05) is 0 Å². The van der Waals surface area contributed by atoms with E-state index in [-0.39, 0.29) is 5.38 Å². The minimum absolute atomic E-state index is 0.0845. The average molecular weight is 369 g/mol. The van der Waals surface area contributed by atoms with Crippen molar-refractivity contribution in [1.29, 1.82) is 0 Å². The molecule has 1 atom stereocenters. The molecule has 1 aromatic rings. The van der Waals surface area contributed by atoms with Gasteiger partial charge in [0, 0.05) is 8.95 Å². The summed E-state index contributed by atoms with van der Waals surface area (Å²) in [5.74, 6) is 0.535. The second kappa shape index (κ2) is 6.42. The second-order valence-electron chi connectivity index (χ2n) is 4.10. The lowest BCUT2D eigenvalue weighted by atomic mass is 9.93. The molecule has 0 aliphatic carbocycles. The largest absolute Gasteiger partial charge is 0.117 e. The van der Waals surface area contributed by atoms with Gasteiger partial charge in [0.15, 0.2) is 0 Å². The zero-order valence-electron chi connectivity index (χ0n) is 9.86. The van der Waals surface area contributed by atoms with Crippen LogP contribution in [0.5, 0.6) is 0 Å². The second-order valence-corrected chi connectivity index (χ2v) is 6.28. The van der Waals surface area contributed by atoms with Gasteiger partial charge in [0.25, 0.3) is 0 Å². The van der Waals surface area contributed by atoms with Crippen molar-refractivity contribution in [1.82, 2.24) is 0 Å². The normalized spacial score (nSPS) is 13.2. The Morgan fingerprint density at radius 2 is 1.69 bits per heavy atom. The van der Waals surface area contributed by atoms with Crippen molar-refractivity contribution < 1.29 is 0 Å². The lowest BCUT2D eigenvalue weighted by Crippen LogP contribution is -2.06. The molecule has 0 bridgehead atoms. The minimum Gasteiger partial charge on any atom is -0.117 e. The van der Waals surface area contributed by atoms with Crippen LogP contribution in [0.4, 0.5) is 0 Å². The van der Waals surface area contributed by atoms with E-state index in [4.69, 9.17) is 11.6 Å². The SMILES string of the molecule is CCC(CC)C(Cl)c1cc(Br)c(C)cc1Br. The maximum Gasteiger partial charge on any atom is 0.0624 e. The number of hydrogen-bond acceptors (Lipinski definition) is 0. The van der Waals surface area contributed by atoms with Crippen LogP contribution in [-0.2, 0) is 0 Å². The Labute approximate surface area is 120 Å². The van der Waals surface area contributed by atoms with Gasteiger partial charge in [-0.05, 0) is 36.1 Å². The fourth-order valence-corrected chi connectivity index (χ4v) is 3.56. The molecule has 0 aliphatic rings. The Kier molecular flexibility index (Phi) is 5.83. The zero-order valence-corrected chi connectivity index (χ0v) is 13.8. The summed E-state index contributed by atoms with van der Waals surface area (Å²) in [6.07, 6.45) is 2.23. The van der Waals surface area contributed by atoms with Gasteiger partial charge in [-0.1, -0.05) is 58.5 Å². The van der Waals surface area contributed by atoms with Crippen LogP contribution in [0, 0.1) is 12.8 Å². The van der Waals surface area contributed by atoms with Crippen molar-refractivity contribution in [2.24, 2.45) is 5.92 Å². The number of benzene rings is 1. The molecule has 0 spiro atoms. The third-order valence-corrected chi connectivity index (χ3v) is 5.17. The molecule has 0 aliphatic heterocycles. The van der Waals surface area contributed by atoms with E-state index >= 15 is 0 Å². The number of alkyl halides is 1. The summed E-state index contributed by atoms with van der Waals surface area (Å²) in [5.41, 5.74) is 2.41. The van der Waals surface area contributed by atoms with Gasteiger partial charge in [0.1, 0.15) is 0 Å². The van der Waals surface area contributed by atoms with E-state index in [1.807, 2.05) is 0 Å². The Bertz CT molecular complexity index is 359. The Balaban J connectivity index is 3.07. The summed E-state index contributed by atoms with van der Waals surface area (Å²) in [6, 6.07) is 4.26. The molecule has 0 heterocycles. The highest BCUT2D eigenvalue weighted by Gasteiger charge is 2.20. The molecule has 0 fully saturated rings. The minimum atomic E-state index is 0.0845. The van der Waals surface area contributed by atoms with Crippen molar-refractivity contribution in [2.45, 2.75) is 39.0 Å². The number of hydrogen-bond donors (Lipinski definition) is 0. The molecule has 0 amide bonds. The standard InChI is InChI=1S/C13H17Br2Cl/c1-4-9(5-2)13(16)10-7-11(14)8(3)6-12(10)15/h6-7,9,13H,4-5H2,1-3H3. The highest BCUT2D eigenvalue weighted by atomic mass is 79.9. The Morgan fingerprint density at radius 3 is 2.19 bits per heavy atom. The summed E-state index contributed by atoms with van der Waals surface area (Å²) in [5, 5.41) is 0.0845. The molecular weight excluding hydrogens is 351 g/mol. The van der Waals surface area contributed by atoms with Crippen molar-refractivity contribution in [3.63, 3.8) is 0 Å². The maximum atomic E-state index is 6.55. The van der Waals surface area contributed by atoms with Crippen LogP contribution < -0.4 is 0 Å². The van der Waals surface area contributed by atoms with E-state index in [1.165, 1.54) is 11.1 Å². The van der Waals surface area contributed by atoms with Gasteiger partial charge in [0.05, 0.1) is 5.38 Å². The van der Waals surface area contributed by atoms with Crippen LogP contribution in [0.25, 0.3) is 0 Å². The quantitative estimate of drug-likeness (QED) is 0.552. The molecule has 0 saturated heterocycles. The van der Waals surface area contributed by atoms with E-state index < -0.39 is 0 Å². The van der Waals surface area contributed by atoms with Crippen molar-refractivity contribution >= 4 is 43.5 Å². The van der Waals surface area contributed by atoms with E-state index in [1.54, 1.807) is 0 Å². The third-order valence-electron chi connectivity index (χ3n) is 3.04. The molecule has 1 rings (SSSR count). The molecular formula is C13H17Br2Cl. The molecule has 1 aromatic carbocycles. The molecule has 0 saturated carbocycles. The predicted molar refractivity (Wildman–Crippen MR) is 79.2 cm³/mol. The Morgan fingerprint density at radius 1 is 1.12 bits per heavy atom. The van der Waals surface area contributed by atoms with Gasteiger partial charge in [-0.25, -0.2) is 0 Å². The molecule has 0 nitrogen and oxygen atoms in total. The molecule has 90 valence electrons. The Hall–Kier alpha value is 0.470. The first-order valence-electron chi connectivity index (χ1n) is 5.60. The molecule has 1 unspecified atom stereocenters. The first-order valence-corrected chi connectivity index (χ1v) is 7.63. The van der Waals surface area contributed by atoms with Crippen LogP contribution in [-0.4, -0.2) is 0 Å². The topological polar surface area (TPSA) is 0 Å².